The van der Waals surface area contributed by atoms with Crippen molar-refractivity contribution in [2.75, 3.05) is 11.9 Å². The Bertz CT molecular complexity index is 850. The standard InChI is InChI=1S/C16H9Cl2FN2O3/c17-10-2-4-12(18)14(6-10)21-15(22)8-24-16(23)11-3-1-9(7-20)5-13(11)19/h1-6H,8H2,(H,21,22). The molecular formula is C16H9Cl2FN2O3. The molecule has 0 atom stereocenters. The highest BCUT2D eigenvalue weighted by atomic mass is 35.5. The molecule has 0 aliphatic carbocycles. The Kier molecular flexibility index (Phi) is 5.74. The van der Waals surface area contributed by atoms with E-state index in [1.165, 1.54) is 18.2 Å². The highest BCUT2D eigenvalue weighted by Gasteiger charge is 2.16. The summed E-state index contributed by atoms with van der Waals surface area (Å²) in [6, 6.07) is 9.51. The van der Waals surface area contributed by atoms with Crippen molar-refractivity contribution in [1.82, 2.24) is 0 Å². The largest absolute Gasteiger partial charge is 0.452 e. The molecule has 2 aromatic rings. The summed E-state index contributed by atoms with van der Waals surface area (Å²) in [5.74, 6) is -2.59. The lowest BCUT2D eigenvalue weighted by molar-refractivity contribution is -0.119. The first-order chi connectivity index (χ1) is 11.4. The van der Waals surface area contributed by atoms with Gasteiger partial charge in [-0.25, -0.2) is 9.18 Å². The van der Waals surface area contributed by atoms with Gasteiger partial charge in [0.25, 0.3) is 5.91 Å². The van der Waals surface area contributed by atoms with Gasteiger partial charge in [-0.2, -0.15) is 5.26 Å². The smallest absolute Gasteiger partial charge is 0.341 e. The summed E-state index contributed by atoms with van der Waals surface area (Å²) in [6.07, 6.45) is 0. The summed E-state index contributed by atoms with van der Waals surface area (Å²) in [6.45, 7) is -0.638. The van der Waals surface area contributed by atoms with Crippen LogP contribution in [0.5, 0.6) is 0 Å². The molecule has 24 heavy (non-hydrogen) atoms. The third kappa shape index (κ3) is 4.44. The molecule has 0 saturated heterocycles. The van der Waals surface area contributed by atoms with Gasteiger partial charge in [0.1, 0.15) is 5.82 Å². The summed E-state index contributed by atoms with van der Waals surface area (Å²) in [5.41, 5.74) is -0.0465. The number of carbonyl (C=O) groups excluding carboxylic acids is 2. The predicted molar refractivity (Wildman–Crippen MR) is 86.5 cm³/mol. The first kappa shape index (κ1) is 17.7. The molecule has 0 aromatic heterocycles. The second-order valence-electron chi connectivity index (χ2n) is 4.55. The number of nitriles is 1. The summed E-state index contributed by atoms with van der Waals surface area (Å²) in [5, 5.41) is 11.7. The number of hydrogen-bond donors (Lipinski definition) is 1. The monoisotopic (exact) mass is 366 g/mol. The summed E-state index contributed by atoms with van der Waals surface area (Å²) >= 11 is 11.7. The molecule has 0 saturated carbocycles. The molecule has 5 nitrogen and oxygen atoms in total. The van der Waals surface area contributed by atoms with Gasteiger partial charge in [-0.05, 0) is 36.4 Å². The fourth-order valence-electron chi connectivity index (χ4n) is 1.74. The number of halogens is 3. The zero-order chi connectivity index (χ0) is 17.7. The number of hydrogen-bond acceptors (Lipinski definition) is 4. The second kappa shape index (κ2) is 7.77. The van der Waals surface area contributed by atoms with E-state index in [0.29, 0.717) is 5.02 Å². The van der Waals surface area contributed by atoms with Gasteiger partial charge in [0.05, 0.1) is 27.9 Å². The Morgan fingerprint density at radius 1 is 1.21 bits per heavy atom. The van der Waals surface area contributed by atoms with Crippen molar-refractivity contribution in [1.29, 1.82) is 5.26 Å². The number of ether oxygens (including phenoxy) is 1. The van der Waals surface area contributed by atoms with E-state index in [-0.39, 0.29) is 21.8 Å². The van der Waals surface area contributed by atoms with Crippen LogP contribution in [-0.4, -0.2) is 18.5 Å². The molecule has 0 radical (unpaired) electrons. The van der Waals surface area contributed by atoms with Crippen LogP contribution in [0, 0.1) is 17.1 Å². The topological polar surface area (TPSA) is 79.2 Å². The number of esters is 1. The van der Waals surface area contributed by atoms with Gasteiger partial charge in [-0.15, -0.1) is 0 Å². The van der Waals surface area contributed by atoms with Gasteiger partial charge in [0.15, 0.2) is 6.61 Å². The lowest BCUT2D eigenvalue weighted by Gasteiger charge is -2.09. The van der Waals surface area contributed by atoms with Gasteiger partial charge < -0.3 is 10.1 Å². The fraction of sp³-hybridized carbons (Fsp3) is 0.0625. The first-order valence-corrected chi connectivity index (χ1v) is 7.28. The van der Waals surface area contributed by atoms with E-state index in [1.807, 2.05) is 0 Å². The SMILES string of the molecule is N#Cc1ccc(C(=O)OCC(=O)Nc2cc(Cl)ccc2Cl)c(F)c1. The second-order valence-corrected chi connectivity index (χ2v) is 5.40. The number of rotatable bonds is 4. The van der Waals surface area contributed by atoms with E-state index in [9.17, 15) is 14.0 Å². The first-order valence-electron chi connectivity index (χ1n) is 6.52. The third-order valence-electron chi connectivity index (χ3n) is 2.85. The Balaban J connectivity index is 1.98. The minimum atomic E-state index is -1.02. The summed E-state index contributed by atoms with van der Waals surface area (Å²) in [4.78, 5) is 23.5. The molecule has 0 heterocycles. The Morgan fingerprint density at radius 2 is 1.96 bits per heavy atom. The van der Waals surface area contributed by atoms with E-state index in [4.69, 9.17) is 33.2 Å². The zero-order valence-corrected chi connectivity index (χ0v) is 13.5. The predicted octanol–water partition coefficient (Wildman–Crippen LogP) is 3.80. The van der Waals surface area contributed by atoms with Crippen LogP contribution in [0.15, 0.2) is 36.4 Å². The highest BCUT2D eigenvalue weighted by Crippen LogP contribution is 2.25. The van der Waals surface area contributed by atoms with Gasteiger partial charge in [-0.1, -0.05) is 23.2 Å². The van der Waals surface area contributed by atoms with Crippen molar-refractivity contribution in [3.63, 3.8) is 0 Å². The maximum Gasteiger partial charge on any atom is 0.341 e. The van der Waals surface area contributed by atoms with Crippen LogP contribution in [0.1, 0.15) is 15.9 Å². The van der Waals surface area contributed by atoms with Crippen molar-refractivity contribution in [2.45, 2.75) is 0 Å². The third-order valence-corrected chi connectivity index (χ3v) is 3.42. The van der Waals surface area contributed by atoms with Crippen LogP contribution in [0.25, 0.3) is 0 Å². The Morgan fingerprint density at radius 3 is 2.62 bits per heavy atom. The normalized spacial score (nSPS) is 9.92. The molecule has 0 bridgehead atoms. The zero-order valence-electron chi connectivity index (χ0n) is 12.0. The molecule has 2 rings (SSSR count). The maximum atomic E-state index is 13.7. The van der Waals surface area contributed by atoms with Crippen LogP contribution in [0.3, 0.4) is 0 Å². The number of nitrogens with zero attached hydrogens (tertiary/aromatic N) is 1. The molecular weight excluding hydrogens is 358 g/mol. The summed E-state index contributed by atoms with van der Waals surface area (Å²) < 4.78 is 18.4. The van der Waals surface area contributed by atoms with Crippen molar-refractivity contribution in [2.24, 2.45) is 0 Å². The lowest BCUT2D eigenvalue weighted by atomic mass is 10.1. The maximum absolute atomic E-state index is 13.7. The van der Waals surface area contributed by atoms with E-state index < -0.39 is 24.3 Å². The van der Waals surface area contributed by atoms with Gasteiger partial charge in [-0.3, -0.25) is 4.79 Å². The van der Waals surface area contributed by atoms with Crippen molar-refractivity contribution >= 4 is 40.8 Å². The van der Waals surface area contributed by atoms with Gasteiger partial charge in [0, 0.05) is 5.02 Å². The van der Waals surface area contributed by atoms with Crippen LogP contribution in [0.4, 0.5) is 10.1 Å². The lowest BCUT2D eigenvalue weighted by Crippen LogP contribution is -2.21. The summed E-state index contributed by atoms with van der Waals surface area (Å²) in [7, 11) is 0. The Hall–Kier alpha value is -2.62. The average molecular weight is 367 g/mol. The Labute approximate surface area is 146 Å². The van der Waals surface area contributed by atoms with E-state index in [1.54, 1.807) is 12.1 Å². The molecule has 0 aliphatic heterocycles. The van der Waals surface area contributed by atoms with Crippen LogP contribution in [-0.2, 0) is 9.53 Å². The minimum Gasteiger partial charge on any atom is -0.452 e. The van der Waals surface area contributed by atoms with Crippen LogP contribution in [0.2, 0.25) is 10.0 Å². The molecule has 0 unspecified atom stereocenters. The van der Waals surface area contributed by atoms with Crippen LogP contribution < -0.4 is 5.32 Å². The number of nitrogens with one attached hydrogen (secondary N) is 1. The molecule has 0 spiro atoms. The molecule has 1 amide bonds. The molecule has 1 N–H and O–H groups in total. The molecule has 8 heteroatoms. The van der Waals surface area contributed by atoms with Crippen molar-refractivity contribution in [3.05, 3.63) is 63.4 Å². The minimum absolute atomic E-state index is 0.0670. The quantitative estimate of drug-likeness (QED) is 0.834. The van der Waals surface area contributed by atoms with Crippen LogP contribution >= 0.6 is 23.2 Å². The average Bonchev–Trinajstić information content (AvgIpc) is 2.55. The highest BCUT2D eigenvalue weighted by molar-refractivity contribution is 6.35. The van der Waals surface area contributed by atoms with Gasteiger partial charge in [0.2, 0.25) is 0 Å². The fourth-order valence-corrected chi connectivity index (χ4v) is 2.08. The van der Waals surface area contributed by atoms with Gasteiger partial charge >= 0.3 is 5.97 Å². The molecule has 0 fully saturated rings. The number of anilines is 1. The number of carbonyl (C=O) groups is 2. The van der Waals surface area contributed by atoms with Crippen molar-refractivity contribution in [3.8, 4) is 6.07 Å². The number of amides is 1. The van der Waals surface area contributed by atoms with Crippen molar-refractivity contribution < 1.29 is 18.7 Å². The van der Waals surface area contributed by atoms with E-state index in [0.717, 1.165) is 12.1 Å². The number of benzene rings is 2. The van der Waals surface area contributed by atoms with E-state index in [2.05, 4.69) is 5.32 Å². The van der Waals surface area contributed by atoms with E-state index >= 15 is 0 Å². The molecule has 122 valence electrons. The molecule has 0 aliphatic rings. The molecule has 2 aromatic carbocycles.